The molecule has 0 unspecified atom stereocenters. The van der Waals surface area contributed by atoms with Crippen LogP contribution in [0.1, 0.15) is 60.8 Å². The van der Waals surface area contributed by atoms with Crippen molar-refractivity contribution in [2.24, 2.45) is 23.7 Å². The molecule has 0 aliphatic carbocycles. The van der Waals surface area contributed by atoms with Gasteiger partial charge in [-0.3, -0.25) is 9.59 Å². The van der Waals surface area contributed by atoms with Crippen LogP contribution in [0.5, 0.6) is 0 Å². The molecule has 0 radical (unpaired) electrons. The summed E-state index contributed by atoms with van der Waals surface area (Å²) in [4.78, 5) is 34.4. The fourth-order valence-electron chi connectivity index (χ4n) is 2.58. The molecule has 4 atom stereocenters. The van der Waals surface area contributed by atoms with Gasteiger partial charge in [0.25, 0.3) is 0 Å². The first-order valence-corrected chi connectivity index (χ1v) is 8.95. The number of hydrogen-bond acceptors (Lipinski definition) is 5. The standard InChI is InChI=1S/C18H33NO6/c1-7-8-12(4)13(5)15(9-16(20)21)10-19-18(23)25-14(6)24-17(22)11(2)3/h11-15H,7-10H2,1-6H3,(H,19,23)(H,20,21)/t12-,13-,14-,15+/m1/s1. The minimum Gasteiger partial charge on any atom is -0.481 e. The minimum atomic E-state index is -0.996. The van der Waals surface area contributed by atoms with Crippen molar-refractivity contribution < 1.29 is 29.0 Å². The van der Waals surface area contributed by atoms with E-state index < -0.39 is 24.3 Å². The van der Waals surface area contributed by atoms with Gasteiger partial charge in [-0.25, -0.2) is 4.79 Å². The zero-order valence-corrected chi connectivity index (χ0v) is 16.2. The van der Waals surface area contributed by atoms with Gasteiger partial charge in [0.1, 0.15) is 0 Å². The molecule has 0 spiro atoms. The highest BCUT2D eigenvalue weighted by Gasteiger charge is 2.26. The van der Waals surface area contributed by atoms with Crippen LogP contribution in [0.3, 0.4) is 0 Å². The Labute approximate surface area is 150 Å². The molecule has 0 rings (SSSR count). The van der Waals surface area contributed by atoms with Crippen molar-refractivity contribution in [3.05, 3.63) is 0 Å². The van der Waals surface area contributed by atoms with Gasteiger partial charge in [0.2, 0.25) is 6.29 Å². The first-order chi connectivity index (χ1) is 11.6. The predicted molar refractivity (Wildman–Crippen MR) is 93.9 cm³/mol. The summed E-state index contributed by atoms with van der Waals surface area (Å²) in [6.07, 6.45) is 0.288. The van der Waals surface area contributed by atoms with Crippen LogP contribution in [0.2, 0.25) is 0 Å². The van der Waals surface area contributed by atoms with Crippen molar-refractivity contribution in [2.45, 2.75) is 67.1 Å². The molecular formula is C18H33NO6. The number of amides is 1. The molecule has 0 saturated heterocycles. The molecule has 0 aliphatic rings. The molecule has 1 amide bonds. The summed E-state index contributed by atoms with van der Waals surface area (Å²) in [6, 6.07) is 0. The average molecular weight is 359 g/mol. The van der Waals surface area contributed by atoms with E-state index in [1.165, 1.54) is 6.92 Å². The van der Waals surface area contributed by atoms with Crippen LogP contribution >= 0.6 is 0 Å². The number of carbonyl (C=O) groups is 3. The van der Waals surface area contributed by atoms with Crippen LogP contribution in [0.4, 0.5) is 4.79 Å². The van der Waals surface area contributed by atoms with E-state index in [0.717, 1.165) is 12.8 Å². The molecule has 146 valence electrons. The Morgan fingerprint density at radius 1 is 1.04 bits per heavy atom. The fourth-order valence-corrected chi connectivity index (χ4v) is 2.58. The number of carbonyl (C=O) groups excluding carboxylic acids is 2. The third-order valence-electron chi connectivity index (χ3n) is 4.36. The topological polar surface area (TPSA) is 102 Å². The van der Waals surface area contributed by atoms with Crippen LogP contribution < -0.4 is 5.32 Å². The lowest BCUT2D eigenvalue weighted by Gasteiger charge is -2.28. The van der Waals surface area contributed by atoms with Crippen molar-refractivity contribution >= 4 is 18.0 Å². The highest BCUT2D eigenvalue weighted by Crippen LogP contribution is 2.26. The van der Waals surface area contributed by atoms with Gasteiger partial charge in [-0.05, 0) is 17.8 Å². The molecule has 2 N–H and O–H groups in total. The van der Waals surface area contributed by atoms with Gasteiger partial charge >= 0.3 is 18.0 Å². The maximum Gasteiger partial charge on any atom is 0.410 e. The molecule has 0 heterocycles. The molecule has 0 bridgehead atoms. The largest absolute Gasteiger partial charge is 0.481 e. The van der Waals surface area contributed by atoms with E-state index in [2.05, 4.69) is 19.2 Å². The Morgan fingerprint density at radius 3 is 2.12 bits per heavy atom. The summed E-state index contributed by atoms with van der Waals surface area (Å²) in [7, 11) is 0. The number of carboxylic acids is 1. The van der Waals surface area contributed by atoms with Crippen LogP contribution in [0, 0.1) is 23.7 Å². The highest BCUT2D eigenvalue weighted by atomic mass is 16.7. The molecule has 0 saturated carbocycles. The summed E-state index contributed by atoms with van der Waals surface area (Å²) >= 11 is 0. The van der Waals surface area contributed by atoms with E-state index in [0.29, 0.717) is 5.92 Å². The van der Waals surface area contributed by atoms with Gasteiger partial charge in [-0.15, -0.1) is 0 Å². The maximum absolute atomic E-state index is 11.8. The molecule has 0 aromatic rings. The number of alkyl carbamates (subject to hydrolysis) is 1. The molecule has 0 aromatic heterocycles. The monoisotopic (exact) mass is 359 g/mol. The first kappa shape index (κ1) is 23.2. The van der Waals surface area contributed by atoms with Gasteiger partial charge in [-0.1, -0.05) is 47.5 Å². The number of hydrogen-bond donors (Lipinski definition) is 2. The number of ether oxygens (including phenoxy) is 2. The molecule has 0 aliphatic heterocycles. The van der Waals surface area contributed by atoms with Crippen LogP contribution in [-0.2, 0) is 19.1 Å². The van der Waals surface area contributed by atoms with Crippen molar-refractivity contribution in [3.63, 3.8) is 0 Å². The van der Waals surface area contributed by atoms with E-state index in [9.17, 15) is 14.4 Å². The average Bonchev–Trinajstić information content (AvgIpc) is 2.50. The second-order valence-corrected chi connectivity index (χ2v) is 6.93. The Balaban J connectivity index is 4.54. The second kappa shape index (κ2) is 11.7. The zero-order chi connectivity index (χ0) is 19.6. The minimum absolute atomic E-state index is 0.0204. The molecule has 25 heavy (non-hydrogen) atoms. The van der Waals surface area contributed by atoms with Crippen LogP contribution in [-0.4, -0.2) is 36.0 Å². The van der Waals surface area contributed by atoms with E-state index in [-0.39, 0.29) is 30.7 Å². The van der Waals surface area contributed by atoms with Gasteiger partial charge in [0, 0.05) is 13.5 Å². The Morgan fingerprint density at radius 2 is 1.64 bits per heavy atom. The third kappa shape index (κ3) is 9.94. The third-order valence-corrected chi connectivity index (χ3v) is 4.36. The smallest absolute Gasteiger partial charge is 0.410 e. The summed E-state index contributed by atoms with van der Waals surface area (Å²) < 4.78 is 9.93. The normalized spacial score (nSPS) is 15.8. The van der Waals surface area contributed by atoms with Gasteiger partial charge in [0.05, 0.1) is 12.3 Å². The highest BCUT2D eigenvalue weighted by molar-refractivity contribution is 5.72. The molecule has 7 heteroatoms. The fraction of sp³-hybridized carbons (Fsp3) is 0.833. The zero-order valence-electron chi connectivity index (χ0n) is 16.2. The second-order valence-electron chi connectivity index (χ2n) is 6.93. The SMILES string of the molecule is CCC[C@@H](C)[C@@H](C)[C@H](CNC(=O)O[C@H](C)OC(=O)C(C)C)CC(=O)O. The van der Waals surface area contributed by atoms with Crippen LogP contribution in [0.25, 0.3) is 0 Å². The Kier molecular flexibility index (Phi) is 10.9. The van der Waals surface area contributed by atoms with Gasteiger partial charge in [-0.2, -0.15) is 0 Å². The number of esters is 1. The first-order valence-electron chi connectivity index (χ1n) is 8.95. The lowest BCUT2D eigenvalue weighted by Crippen LogP contribution is -2.37. The number of aliphatic carboxylic acids is 1. The number of carboxylic acid groups (broad SMARTS) is 1. The van der Waals surface area contributed by atoms with Gasteiger partial charge in [0.15, 0.2) is 0 Å². The molecule has 0 fully saturated rings. The predicted octanol–water partition coefficient (Wildman–Crippen LogP) is 3.42. The molecule has 7 nitrogen and oxygen atoms in total. The van der Waals surface area contributed by atoms with Crippen molar-refractivity contribution in [1.82, 2.24) is 5.32 Å². The summed E-state index contributed by atoms with van der Waals surface area (Å²) in [5.41, 5.74) is 0. The van der Waals surface area contributed by atoms with Crippen molar-refractivity contribution in [2.75, 3.05) is 6.54 Å². The lowest BCUT2D eigenvalue weighted by molar-refractivity contribution is -0.168. The van der Waals surface area contributed by atoms with E-state index in [1.807, 2.05) is 6.92 Å². The Hall–Kier alpha value is -1.79. The van der Waals surface area contributed by atoms with Crippen LogP contribution in [0.15, 0.2) is 0 Å². The van der Waals surface area contributed by atoms with Crippen molar-refractivity contribution in [3.8, 4) is 0 Å². The Bertz CT molecular complexity index is 437. The lowest BCUT2D eigenvalue weighted by atomic mass is 9.80. The molecule has 0 aromatic carbocycles. The molecular weight excluding hydrogens is 326 g/mol. The quantitative estimate of drug-likeness (QED) is 0.433. The summed E-state index contributed by atoms with van der Waals surface area (Å²) in [5, 5.41) is 11.7. The van der Waals surface area contributed by atoms with E-state index >= 15 is 0 Å². The van der Waals surface area contributed by atoms with E-state index in [4.69, 9.17) is 14.6 Å². The van der Waals surface area contributed by atoms with Crippen molar-refractivity contribution in [1.29, 1.82) is 0 Å². The number of nitrogens with one attached hydrogen (secondary N) is 1. The summed E-state index contributed by atoms with van der Waals surface area (Å²) in [5.74, 6) is -1.35. The van der Waals surface area contributed by atoms with E-state index in [1.54, 1.807) is 13.8 Å². The van der Waals surface area contributed by atoms with Gasteiger partial charge < -0.3 is 19.9 Å². The summed E-state index contributed by atoms with van der Waals surface area (Å²) in [6.45, 7) is 11.2. The number of rotatable bonds is 11. The maximum atomic E-state index is 11.8.